The summed E-state index contributed by atoms with van der Waals surface area (Å²) in [5.41, 5.74) is 1.21. The third-order valence-corrected chi connectivity index (χ3v) is 2.07. The molecule has 0 spiro atoms. The second-order valence-corrected chi connectivity index (χ2v) is 3.18. The van der Waals surface area contributed by atoms with Gasteiger partial charge >= 0.3 is 5.97 Å². The summed E-state index contributed by atoms with van der Waals surface area (Å²) >= 11 is 0. The van der Waals surface area contributed by atoms with Gasteiger partial charge in [0.15, 0.2) is 0 Å². The summed E-state index contributed by atoms with van der Waals surface area (Å²) in [5.74, 6) is -0.326. The first-order chi connectivity index (χ1) is 7.69. The maximum Gasteiger partial charge on any atom is 0.325 e. The number of ether oxygens (including phenoxy) is 1. The maximum atomic E-state index is 12.9. The molecule has 1 heterocycles. The van der Waals surface area contributed by atoms with Gasteiger partial charge in [-0.05, 0) is 18.2 Å². The molecular weight excluding hydrogens is 213 g/mol. The van der Waals surface area contributed by atoms with E-state index in [-0.39, 0.29) is 12.4 Å². The molecule has 2 N–H and O–H groups in total. The zero-order chi connectivity index (χ0) is 11.5. The first-order valence-electron chi connectivity index (χ1n) is 4.65. The van der Waals surface area contributed by atoms with Crippen molar-refractivity contribution in [3.8, 4) is 0 Å². The van der Waals surface area contributed by atoms with Crippen LogP contribution in [-0.4, -0.2) is 29.6 Å². The van der Waals surface area contributed by atoms with Crippen molar-refractivity contribution >= 4 is 23.0 Å². The largest absolute Gasteiger partial charge is 0.468 e. The third kappa shape index (κ3) is 2.10. The van der Waals surface area contributed by atoms with Crippen molar-refractivity contribution in [1.82, 2.24) is 9.97 Å². The molecule has 0 aliphatic rings. The Morgan fingerprint density at radius 3 is 3.19 bits per heavy atom. The van der Waals surface area contributed by atoms with Gasteiger partial charge in [-0.1, -0.05) is 0 Å². The van der Waals surface area contributed by atoms with Crippen LogP contribution in [-0.2, 0) is 9.53 Å². The van der Waals surface area contributed by atoms with Crippen molar-refractivity contribution in [3.05, 3.63) is 24.0 Å². The number of fused-ring (bicyclic) bond motifs is 1. The quantitative estimate of drug-likeness (QED) is 0.769. The molecule has 1 aromatic carbocycles. The van der Waals surface area contributed by atoms with Gasteiger partial charge in [0, 0.05) is 0 Å². The lowest BCUT2D eigenvalue weighted by molar-refractivity contribution is -0.138. The molecule has 0 atom stereocenters. The average Bonchev–Trinajstić information content (AvgIpc) is 2.67. The monoisotopic (exact) mass is 223 g/mol. The summed E-state index contributed by atoms with van der Waals surface area (Å²) in [6.07, 6.45) is 0. The van der Waals surface area contributed by atoms with Crippen LogP contribution in [0.5, 0.6) is 0 Å². The predicted molar refractivity (Wildman–Crippen MR) is 56.6 cm³/mol. The second-order valence-electron chi connectivity index (χ2n) is 3.18. The normalized spacial score (nSPS) is 10.4. The molecule has 0 aliphatic heterocycles. The lowest BCUT2D eigenvalue weighted by Gasteiger charge is -1.99. The standard InChI is InChI=1S/C10H10FN3O2/c1-16-9(15)5-12-10-13-7-3-2-6(11)4-8(7)14-10/h2-4H,5H2,1H3,(H2,12,13,14). The number of benzene rings is 1. The Kier molecular flexibility index (Phi) is 2.72. The van der Waals surface area contributed by atoms with E-state index in [0.29, 0.717) is 17.0 Å². The Labute approximate surface area is 90.6 Å². The summed E-state index contributed by atoms with van der Waals surface area (Å²) in [5, 5.41) is 2.74. The third-order valence-electron chi connectivity index (χ3n) is 2.07. The van der Waals surface area contributed by atoms with Gasteiger partial charge in [-0.3, -0.25) is 4.79 Å². The van der Waals surface area contributed by atoms with Crippen LogP contribution in [0, 0.1) is 5.82 Å². The summed E-state index contributed by atoms with van der Waals surface area (Å²) in [4.78, 5) is 17.8. The SMILES string of the molecule is COC(=O)CNc1nc2ccc(F)cc2[nH]1. The van der Waals surface area contributed by atoms with Gasteiger partial charge in [-0.25, -0.2) is 9.37 Å². The number of anilines is 1. The smallest absolute Gasteiger partial charge is 0.325 e. The molecule has 16 heavy (non-hydrogen) atoms. The van der Waals surface area contributed by atoms with Crippen LogP contribution in [0.3, 0.4) is 0 Å². The fraction of sp³-hybridized carbons (Fsp3) is 0.200. The number of halogens is 1. The second kappa shape index (κ2) is 4.18. The number of carbonyl (C=O) groups is 1. The maximum absolute atomic E-state index is 12.9. The molecular formula is C10H10FN3O2. The topological polar surface area (TPSA) is 67.0 Å². The zero-order valence-electron chi connectivity index (χ0n) is 8.58. The Balaban J connectivity index is 2.16. The minimum atomic E-state index is -0.397. The number of H-pyrrole nitrogens is 1. The van der Waals surface area contributed by atoms with E-state index in [1.165, 1.54) is 19.2 Å². The number of rotatable bonds is 3. The number of nitrogens with one attached hydrogen (secondary N) is 2. The number of esters is 1. The summed E-state index contributed by atoms with van der Waals surface area (Å²) in [6, 6.07) is 4.23. The van der Waals surface area contributed by atoms with Crippen molar-refractivity contribution in [2.75, 3.05) is 19.0 Å². The lowest BCUT2D eigenvalue weighted by Crippen LogP contribution is -2.15. The van der Waals surface area contributed by atoms with Crippen molar-refractivity contribution in [3.63, 3.8) is 0 Å². The molecule has 0 aliphatic carbocycles. The van der Waals surface area contributed by atoms with E-state index in [1.807, 2.05) is 0 Å². The van der Waals surface area contributed by atoms with Crippen LogP contribution in [0.25, 0.3) is 11.0 Å². The number of carbonyl (C=O) groups excluding carboxylic acids is 1. The highest BCUT2D eigenvalue weighted by atomic mass is 19.1. The first-order valence-corrected chi connectivity index (χ1v) is 4.65. The van der Waals surface area contributed by atoms with Crippen LogP contribution < -0.4 is 5.32 Å². The van der Waals surface area contributed by atoms with E-state index in [1.54, 1.807) is 6.07 Å². The van der Waals surface area contributed by atoms with Gasteiger partial charge in [0.2, 0.25) is 5.95 Å². The minimum Gasteiger partial charge on any atom is -0.468 e. The van der Waals surface area contributed by atoms with Crippen molar-refractivity contribution < 1.29 is 13.9 Å². The zero-order valence-corrected chi connectivity index (χ0v) is 8.58. The molecule has 2 rings (SSSR count). The number of methoxy groups -OCH3 is 1. The summed E-state index contributed by atoms with van der Waals surface area (Å²) in [6.45, 7) is 0.0127. The van der Waals surface area contributed by atoms with Crippen molar-refractivity contribution in [2.45, 2.75) is 0 Å². The van der Waals surface area contributed by atoms with E-state index in [9.17, 15) is 9.18 Å². The van der Waals surface area contributed by atoms with Gasteiger partial charge in [0.25, 0.3) is 0 Å². The summed E-state index contributed by atoms with van der Waals surface area (Å²) in [7, 11) is 1.30. The van der Waals surface area contributed by atoms with E-state index in [4.69, 9.17) is 0 Å². The molecule has 84 valence electrons. The van der Waals surface area contributed by atoms with E-state index < -0.39 is 5.97 Å². The van der Waals surface area contributed by atoms with E-state index >= 15 is 0 Å². The Morgan fingerprint density at radius 2 is 2.44 bits per heavy atom. The Morgan fingerprint density at radius 1 is 1.62 bits per heavy atom. The number of hydrogen-bond acceptors (Lipinski definition) is 4. The van der Waals surface area contributed by atoms with Crippen LogP contribution in [0.15, 0.2) is 18.2 Å². The van der Waals surface area contributed by atoms with E-state index in [0.717, 1.165) is 0 Å². The highest BCUT2D eigenvalue weighted by Crippen LogP contribution is 2.14. The molecule has 6 heteroatoms. The number of hydrogen-bond donors (Lipinski definition) is 2. The van der Waals surface area contributed by atoms with Crippen LogP contribution in [0.4, 0.5) is 10.3 Å². The molecule has 2 aromatic rings. The van der Waals surface area contributed by atoms with Gasteiger partial charge in [-0.2, -0.15) is 0 Å². The fourth-order valence-electron chi connectivity index (χ4n) is 1.29. The predicted octanol–water partition coefficient (Wildman–Crippen LogP) is 1.29. The fourth-order valence-corrected chi connectivity index (χ4v) is 1.29. The molecule has 0 amide bonds. The average molecular weight is 223 g/mol. The highest BCUT2D eigenvalue weighted by Gasteiger charge is 2.05. The van der Waals surface area contributed by atoms with Crippen molar-refractivity contribution in [2.24, 2.45) is 0 Å². The highest BCUT2D eigenvalue weighted by molar-refractivity contribution is 5.79. The molecule has 0 saturated carbocycles. The molecule has 0 bridgehead atoms. The van der Waals surface area contributed by atoms with Gasteiger partial charge in [0.05, 0.1) is 18.1 Å². The van der Waals surface area contributed by atoms with Crippen LogP contribution in [0.1, 0.15) is 0 Å². The number of imidazole rings is 1. The number of nitrogens with zero attached hydrogens (tertiary/aromatic N) is 1. The van der Waals surface area contributed by atoms with Gasteiger partial charge in [-0.15, -0.1) is 0 Å². The molecule has 5 nitrogen and oxygen atoms in total. The Hall–Kier alpha value is -2.11. The molecule has 1 aromatic heterocycles. The van der Waals surface area contributed by atoms with Gasteiger partial charge in [0.1, 0.15) is 12.4 Å². The summed E-state index contributed by atoms with van der Waals surface area (Å²) < 4.78 is 17.3. The Bertz CT molecular complexity index is 524. The molecule has 0 fully saturated rings. The molecule has 0 radical (unpaired) electrons. The van der Waals surface area contributed by atoms with Crippen LogP contribution in [0.2, 0.25) is 0 Å². The minimum absolute atomic E-state index is 0.0127. The lowest BCUT2D eigenvalue weighted by atomic mass is 10.3. The van der Waals surface area contributed by atoms with Gasteiger partial charge < -0.3 is 15.0 Å². The first kappa shape index (κ1) is 10.4. The number of aromatic amines is 1. The van der Waals surface area contributed by atoms with Crippen molar-refractivity contribution in [1.29, 1.82) is 0 Å². The number of aromatic nitrogens is 2. The van der Waals surface area contributed by atoms with Crippen LogP contribution >= 0.6 is 0 Å². The molecule has 0 saturated heterocycles. The molecule has 0 unspecified atom stereocenters. The van der Waals surface area contributed by atoms with E-state index in [2.05, 4.69) is 20.0 Å².